The van der Waals surface area contributed by atoms with Crippen molar-refractivity contribution in [1.29, 1.82) is 0 Å². The summed E-state index contributed by atoms with van der Waals surface area (Å²) in [5, 5.41) is 0. The lowest BCUT2D eigenvalue weighted by atomic mass is 10.1. The standard InChI is InChI=1S/C13H16F3NO3/c1-9(17-20-7-13(14,15)16)2-3-10-4-5-11-12(6-10)19-8-18-11/h4-6,9,17H,2-3,7-8H2,1H3. The predicted octanol–water partition coefficient (Wildman–Crippen LogP) is 2.82. The fourth-order valence-electron chi connectivity index (χ4n) is 1.80. The van der Waals surface area contributed by atoms with Gasteiger partial charge in [0.2, 0.25) is 6.79 Å². The highest BCUT2D eigenvalue weighted by Crippen LogP contribution is 2.32. The number of benzene rings is 1. The van der Waals surface area contributed by atoms with Gasteiger partial charge in [0, 0.05) is 6.04 Å². The van der Waals surface area contributed by atoms with Crippen molar-refractivity contribution in [3.8, 4) is 11.5 Å². The van der Waals surface area contributed by atoms with E-state index in [4.69, 9.17) is 9.47 Å². The average molecular weight is 291 g/mol. The van der Waals surface area contributed by atoms with Gasteiger partial charge in [0.15, 0.2) is 18.1 Å². The highest BCUT2D eigenvalue weighted by atomic mass is 19.4. The van der Waals surface area contributed by atoms with Crippen molar-refractivity contribution in [2.24, 2.45) is 0 Å². The second kappa shape index (κ2) is 6.32. The molecule has 112 valence electrons. The lowest BCUT2D eigenvalue weighted by molar-refractivity contribution is -0.192. The average Bonchev–Trinajstić information content (AvgIpc) is 2.82. The Morgan fingerprint density at radius 2 is 2.05 bits per heavy atom. The van der Waals surface area contributed by atoms with E-state index in [1.165, 1.54) is 0 Å². The van der Waals surface area contributed by atoms with Crippen LogP contribution >= 0.6 is 0 Å². The zero-order chi connectivity index (χ0) is 14.6. The number of ether oxygens (including phenoxy) is 2. The lowest BCUT2D eigenvalue weighted by Crippen LogP contribution is -2.31. The highest BCUT2D eigenvalue weighted by Gasteiger charge is 2.28. The van der Waals surface area contributed by atoms with Crippen LogP contribution in [0.3, 0.4) is 0 Å². The molecule has 1 unspecified atom stereocenters. The lowest BCUT2D eigenvalue weighted by Gasteiger charge is -2.14. The minimum absolute atomic E-state index is 0.178. The van der Waals surface area contributed by atoms with Gasteiger partial charge in [-0.1, -0.05) is 6.07 Å². The summed E-state index contributed by atoms with van der Waals surface area (Å²) in [4.78, 5) is 4.40. The second-order valence-corrected chi connectivity index (χ2v) is 4.65. The molecule has 0 saturated heterocycles. The molecule has 0 radical (unpaired) electrons. The molecule has 1 N–H and O–H groups in total. The third-order valence-corrected chi connectivity index (χ3v) is 2.82. The van der Waals surface area contributed by atoms with Gasteiger partial charge in [-0.3, -0.25) is 4.84 Å². The Morgan fingerprint density at radius 1 is 1.30 bits per heavy atom. The Bertz CT molecular complexity index is 451. The first-order chi connectivity index (χ1) is 9.44. The Kier molecular flexibility index (Phi) is 4.72. The van der Waals surface area contributed by atoms with E-state index in [0.717, 1.165) is 5.56 Å². The molecule has 0 fully saturated rings. The Labute approximate surface area is 114 Å². The first-order valence-electron chi connectivity index (χ1n) is 6.26. The Morgan fingerprint density at radius 3 is 2.80 bits per heavy atom. The van der Waals surface area contributed by atoms with Crippen molar-refractivity contribution in [2.75, 3.05) is 13.4 Å². The number of aryl methyl sites for hydroxylation is 1. The van der Waals surface area contributed by atoms with Gasteiger partial charge >= 0.3 is 6.18 Å². The maximum Gasteiger partial charge on any atom is 0.413 e. The maximum absolute atomic E-state index is 11.9. The number of fused-ring (bicyclic) bond motifs is 1. The van der Waals surface area contributed by atoms with Crippen LogP contribution in [-0.2, 0) is 11.3 Å². The number of hydroxylamine groups is 1. The Hall–Kier alpha value is -1.47. The molecule has 0 bridgehead atoms. The van der Waals surface area contributed by atoms with Gasteiger partial charge in [-0.15, -0.1) is 0 Å². The molecule has 0 aromatic heterocycles. The van der Waals surface area contributed by atoms with Crippen LogP contribution < -0.4 is 15.0 Å². The zero-order valence-electron chi connectivity index (χ0n) is 11.0. The van der Waals surface area contributed by atoms with E-state index in [-0.39, 0.29) is 12.8 Å². The number of nitrogens with one attached hydrogen (secondary N) is 1. The predicted molar refractivity (Wildman–Crippen MR) is 65.5 cm³/mol. The van der Waals surface area contributed by atoms with Crippen LogP contribution in [0.4, 0.5) is 13.2 Å². The molecule has 1 aromatic rings. The SMILES string of the molecule is CC(CCc1ccc2c(c1)OCO2)NOCC(F)(F)F. The third-order valence-electron chi connectivity index (χ3n) is 2.82. The van der Waals surface area contributed by atoms with Gasteiger partial charge in [0.05, 0.1) is 0 Å². The summed E-state index contributed by atoms with van der Waals surface area (Å²) in [5.41, 5.74) is 3.43. The third kappa shape index (κ3) is 4.57. The summed E-state index contributed by atoms with van der Waals surface area (Å²) >= 11 is 0. The molecule has 20 heavy (non-hydrogen) atoms. The molecule has 0 spiro atoms. The molecule has 1 aliphatic rings. The van der Waals surface area contributed by atoms with E-state index in [0.29, 0.717) is 24.3 Å². The van der Waals surface area contributed by atoms with E-state index in [1.807, 2.05) is 18.2 Å². The Balaban J connectivity index is 1.72. The van der Waals surface area contributed by atoms with Crippen LogP contribution in [-0.4, -0.2) is 25.6 Å². The van der Waals surface area contributed by atoms with Crippen LogP contribution in [0, 0.1) is 0 Å². The quantitative estimate of drug-likeness (QED) is 0.818. The fraction of sp³-hybridized carbons (Fsp3) is 0.538. The number of alkyl halides is 3. The zero-order valence-corrected chi connectivity index (χ0v) is 11.0. The normalized spacial score (nSPS) is 15.4. The largest absolute Gasteiger partial charge is 0.454 e. The maximum atomic E-state index is 11.9. The summed E-state index contributed by atoms with van der Waals surface area (Å²) in [5.74, 6) is 1.42. The van der Waals surface area contributed by atoms with Crippen LogP contribution in [0.2, 0.25) is 0 Å². The number of hydrogen-bond acceptors (Lipinski definition) is 4. The monoisotopic (exact) mass is 291 g/mol. The first kappa shape index (κ1) is 14.9. The molecule has 1 heterocycles. The van der Waals surface area contributed by atoms with Crippen molar-refractivity contribution in [3.63, 3.8) is 0 Å². The van der Waals surface area contributed by atoms with E-state index in [9.17, 15) is 13.2 Å². The van der Waals surface area contributed by atoms with Crippen molar-refractivity contribution in [1.82, 2.24) is 5.48 Å². The first-order valence-corrected chi connectivity index (χ1v) is 6.26. The van der Waals surface area contributed by atoms with E-state index < -0.39 is 12.8 Å². The van der Waals surface area contributed by atoms with Crippen LogP contribution in [0.5, 0.6) is 11.5 Å². The van der Waals surface area contributed by atoms with Gasteiger partial charge in [0.25, 0.3) is 0 Å². The topological polar surface area (TPSA) is 39.7 Å². The summed E-state index contributed by atoms with van der Waals surface area (Å²) in [6.07, 6.45) is -2.96. The van der Waals surface area contributed by atoms with Gasteiger partial charge in [-0.25, -0.2) is 0 Å². The van der Waals surface area contributed by atoms with Gasteiger partial charge in [0.1, 0.15) is 0 Å². The second-order valence-electron chi connectivity index (χ2n) is 4.65. The molecule has 1 aliphatic heterocycles. The molecule has 7 heteroatoms. The fourth-order valence-corrected chi connectivity index (χ4v) is 1.80. The summed E-state index contributed by atoms with van der Waals surface area (Å²) in [6, 6.07) is 5.45. The highest BCUT2D eigenvalue weighted by molar-refractivity contribution is 5.44. The number of halogens is 3. The van der Waals surface area contributed by atoms with Crippen molar-refractivity contribution in [2.45, 2.75) is 32.0 Å². The van der Waals surface area contributed by atoms with E-state index in [1.54, 1.807) is 6.92 Å². The van der Waals surface area contributed by atoms with Gasteiger partial charge < -0.3 is 9.47 Å². The van der Waals surface area contributed by atoms with Gasteiger partial charge in [-0.2, -0.15) is 18.7 Å². The molecule has 1 aromatic carbocycles. The smallest absolute Gasteiger partial charge is 0.413 e. The van der Waals surface area contributed by atoms with Crippen LogP contribution in [0.15, 0.2) is 18.2 Å². The number of hydrogen-bond donors (Lipinski definition) is 1. The summed E-state index contributed by atoms with van der Waals surface area (Å²) < 4.78 is 46.1. The summed E-state index contributed by atoms with van der Waals surface area (Å²) in [6.45, 7) is 0.701. The van der Waals surface area contributed by atoms with Crippen molar-refractivity contribution in [3.05, 3.63) is 23.8 Å². The minimum atomic E-state index is -4.32. The van der Waals surface area contributed by atoms with Gasteiger partial charge in [-0.05, 0) is 37.5 Å². The van der Waals surface area contributed by atoms with E-state index in [2.05, 4.69) is 10.3 Å². The van der Waals surface area contributed by atoms with E-state index >= 15 is 0 Å². The minimum Gasteiger partial charge on any atom is -0.454 e. The molecule has 0 saturated carbocycles. The molecule has 0 aliphatic carbocycles. The molecular formula is C13H16F3NO3. The molecule has 2 rings (SSSR count). The molecule has 4 nitrogen and oxygen atoms in total. The molecule has 1 atom stereocenters. The van der Waals surface area contributed by atoms with Crippen molar-refractivity contribution < 1.29 is 27.5 Å². The van der Waals surface area contributed by atoms with Crippen LogP contribution in [0.25, 0.3) is 0 Å². The van der Waals surface area contributed by atoms with Crippen LogP contribution in [0.1, 0.15) is 18.9 Å². The van der Waals surface area contributed by atoms with Crippen molar-refractivity contribution >= 4 is 0 Å². The molecule has 0 amide bonds. The number of rotatable bonds is 6. The molecular weight excluding hydrogens is 275 g/mol. The summed E-state index contributed by atoms with van der Waals surface area (Å²) in [7, 11) is 0.